The minimum Gasteiger partial charge on any atom is -0.348 e. The highest BCUT2D eigenvalue weighted by Crippen LogP contribution is 2.10. The molecule has 1 aromatic heterocycles. The lowest BCUT2D eigenvalue weighted by Crippen LogP contribution is -2.23. The van der Waals surface area contributed by atoms with Gasteiger partial charge in [0.05, 0.1) is 0 Å². The van der Waals surface area contributed by atoms with Crippen LogP contribution in [0.3, 0.4) is 0 Å². The Bertz CT molecular complexity index is 995. The first-order chi connectivity index (χ1) is 13.6. The van der Waals surface area contributed by atoms with Crippen molar-refractivity contribution in [3.63, 3.8) is 0 Å². The molecule has 6 heteroatoms. The van der Waals surface area contributed by atoms with E-state index in [0.717, 1.165) is 5.56 Å². The molecule has 0 spiro atoms. The maximum absolute atomic E-state index is 12.2. The van der Waals surface area contributed by atoms with Gasteiger partial charge in [0, 0.05) is 43.0 Å². The molecule has 0 fully saturated rings. The molecule has 0 aliphatic rings. The Hall–Kier alpha value is -3.67. The van der Waals surface area contributed by atoms with Gasteiger partial charge in [-0.25, -0.2) is 0 Å². The number of carbonyl (C=O) groups is 2. The second-order valence-electron chi connectivity index (χ2n) is 6.28. The summed E-state index contributed by atoms with van der Waals surface area (Å²) in [6.07, 6.45) is 1.84. The lowest BCUT2D eigenvalue weighted by atomic mass is 10.1. The molecule has 3 rings (SSSR count). The van der Waals surface area contributed by atoms with Crippen molar-refractivity contribution in [1.29, 1.82) is 0 Å². The summed E-state index contributed by atoms with van der Waals surface area (Å²) in [6, 6.07) is 21.2. The fourth-order valence-electron chi connectivity index (χ4n) is 2.68. The number of benzene rings is 2. The number of aryl methyl sites for hydroxylation is 1. The molecule has 0 saturated heterocycles. The number of rotatable bonds is 7. The van der Waals surface area contributed by atoms with E-state index in [1.165, 1.54) is 10.6 Å². The van der Waals surface area contributed by atoms with Crippen LogP contribution in [0.15, 0.2) is 83.8 Å². The van der Waals surface area contributed by atoms with E-state index >= 15 is 0 Å². The Morgan fingerprint density at radius 1 is 0.857 bits per heavy atom. The van der Waals surface area contributed by atoms with Crippen LogP contribution in [-0.4, -0.2) is 16.4 Å². The van der Waals surface area contributed by atoms with Crippen LogP contribution in [0.5, 0.6) is 0 Å². The molecule has 142 valence electrons. The van der Waals surface area contributed by atoms with Crippen molar-refractivity contribution in [2.75, 3.05) is 5.32 Å². The SMILES string of the molecule is O=C(CCn1ccccc1=O)Nc1ccc(C(=O)NCc2ccccc2)cc1. The Morgan fingerprint density at radius 3 is 2.29 bits per heavy atom. The van der Waals surface area contributed by atoms with Gasteiger partial charge in [0.15, 0.2) is 0 Å². The fourth-order valence-corrected chi connectivity index (χ4v) is 2.68. The van der Waals surface area contributed by atoms with Crippen molar-refractivity contribution in [2.45, 2.75) is 19.5 Å². The lowest BCUT2D eigenvalue weighted by molar-refractivity contribution is -0.116. The number of hydrogen-bond donors (Lipinski definition) is 2. The van der Waals surface area contributed by atoms with Crippen LogP contribution in [0.25, 0.3) is 0 Å². The van der Waals surface area contributed by atoms with Crippen LogP contribution in [0.1, 0.15) is 22.3 Å². The third-order valence-corrected chi connectivity index (χ3v) is 4.21. The number of amides is 2. The summed E-state index contributed by atoms with van der Waals surface area (Å²) in [7, 11) is 0. The molecule has 0 saturated carbocycles. The molecule has 0 radical (unpaired) electrons. The average Bonchev–Trinajstić information content (AvgIpc) is 2.73. The van der Waals surface area contributed by atoms with Crippen molar-refractivity contribution in [3.05, 3.63) is 100 Å². The molecular formula is C22H21N3O3. The summed E-state index contributed by atoms with van der Waals surface area (Å²) in [5.74, 6) is -0.373. The van der Waals surface area contributed by atoms with Crippen molar-refractivity contribution in [3.8, 4) is 0 Å². The van der Waals surface area contributed by atoms with Crippen LogP contribution in [0.4, 0.5) is 5.69 Å². The van der Waals surface area contributed by atoms with E-state index in [-0.39, 0.29) is 23.8 Å². The normalized spacial score (nSPS) is 10.3. The Kier molecular flexibility index (Phi) is 6.36. The predicted octanol–water partition coefficient (Wildman–Crippen LogP) is 2.81. The molecule has 2 amide bonds. The molecule has 0 aliphatic heterocycles. The molecule has 2 N–H and O–H groups in total. The van der Waals surface area contributed by atoms with Crippen LogP contribution < -0.4 is 16.2 Å². The molecule has 0 aliphatic carbocycles. The van der Waals surface area contributed by atoms with Crippen LogP contribution in [0, 0.1) is 0 Å². The highest BCUT2D eigenvalue weighted by Gasteiger charge is 2.07. The van der Waals surface area contributed by atoms with E-state index in [0.29, 0.717) is 24.3 Å². The summed E-state index contributed by atoms with van der Waals surface area (Å²) in [5, 5.41) is 5.63. The molecule has 1 heterocycles. The first kappa shape index (κ1) is 19.1. The van der Waals surface area contributed by atoms with E-state index in [4.69, 9.17) is 0 Å². The van der Waals surface area contributed by atoms with Gasteiger partial charge in [-0.1, -0.05) is 36.4 Å². The van der Waals surface area contributed by atoms with Gasteiger partial charge in [0.25, 0.3) is 11.5 Å². The maximum Gasteiger partial charge on any atom is 0.251 e. The number of nitrogens with one attached hydrogen (secondary N) is 2. The maximum atomic E-state index is 12.2. The molecular weight excluding hydrogens is 354 g/mol. The molecule has 28 heavy (non-hydrogen) atoms. The standard InChI is InChI=1S/C22H21N3O3/c26-20(13-15-25-14-5-4-8-21(25)27)24-19-11-9-18(10-12-19)22(28)23-16-17-6-2-1-3-7-17/h1-12,14H,13,15-16H2,(H,23,28)(H,24,26). The van der Waals surface area contributed by atoms with Gasteiger partial charge in [0.2, 0.25) is 5.91 Å². The van der Waals surface area contributed by atoms with Crippen molar-refractivity contribution < 1.29 is 9.59 Å². The largest absolute Gasteiger partial charge is 0.348 e. The smallest absolute Gasteiger partial charge is 0.251 e. The Balaban J connectivity index is 1.49. The van der Waals surface area contributed by atoms with Crippen LogP contribution in [-0.2, 0) is 17.9 Å². The van der Waals surface area contributed by atoms with E-state index < -0.39 is 0 Å². The minimum atomic E-state index is -0.197. The number of pyridine rings is 1. The summed E-state index contributed by atoms with van der Waals surface area (Å²) >= 11 is 0. The van der Waals surface area contributed by atoms with Crippen molar-refractivity contribution in [1.82, 2.24) is 9.88 Å². The third-order valence-electron chi connectivity index (χ3n) is 4.21. The third kappa shape index (κ3) is 5.41. The first-order valence-electron chi connectivity index (χ1n) is 8.99. The number of nitrogens with zero attached hydrogens (tertiary/aromatic N) is 1. The number of carbonyl (C=O) groups excluding carboxylic acids is 2. The molecule has 0 atom stereocenters. The summed E-state index contributed by atoms with van der Waals surface area (Å²) < 4.78 is 1.49. The molecule has 0 bridgehead atoms. The number of aromatic nitrogens is 1. The van der Waals surface area contributed by atoms with E-state index in [1.807, 2.05) is 30.3 Å². The highest BCUT2D eigenvalue weighted by atomic mass is 16.2. The fraction of sp³-hybridized carbons (Fsp3) is 0.136. The zero-order valence-electron chi connectivity index (χ0n) is 15.3. The summed E-state index contributed by atoms with van der Waals surface area (Å²) in [4.78, 5) is 35.9. The zero-order chi connectivity index (χ0) is 19.8. The Labute approximate surface area is 162 Å². The second-order valence-corrected chi connectivity index (χ2v) is 6.28. The van der Waals surface area contributed by atoms with Gasteiger partial charge in [-0.3, -0.25) is 14.4 Å². The van der Waals surface area contributed by atoms with E-state index in [2.05, 4.69) is 10.6 Å². The Morgan fingerprint density at radius 2 is 1.57 bits per heavy atom. The minimum absolute atomic E-state index is 0.138. The summed E-state index contributed by atoms with van der Waals surface area (Å²) in [5.41, 5.74) is 2.01. The quantitative estimate of drug-likeness (QED) is 0.666. The molecule has 0 unspecified atom stereocenters. The van der Waals surface area contributed by atoms with Crippen LogP contribution >= 0.6 is 0 Å². The predicted molar refractivity (Wildman–Crippen MR) is 108 cm³/mol. The van der Waals surface area contributed by atoms with Crippen molar-refractivity contribution >= 4 is 17.5 Å². The van der Waals surface area contributed by atoms with Gasteiger partial charge < -0.3 is 15.2 Å². The monoisotopic (exact) mass is 375 g/mol. The van der Waals surface area contributed by atoms with E-state index in [1.54, 1.807) is 42.6 Å². The van der Waals surface area contributed by atoms with Crippen LogP contribution in [0.2, 0.25) is 0 Å². The number of anilines is 1. The van der Waals surface area contributed by atoms with Gasteiger partial charge in [-0.05, 0) is 35.9 Å². The zero-order valence-corrected chi connectivity index (χ0v) is 15.3. The average molecular weight is 375 g/mol. The lowest BCUT2D eigenvalue weighted by Gasteiger charge is -2.08. The number of hydrogen-bond acceptors (Lipinski definition) is 3. The summed E-state index contributed by atoms with van der Waals surface area (Å²) in [6.45, 7) is 0.766. The van der Waals surface area contributed by atoms with Crippen molar-refractivity contribution in [2.24, 2.45) is 0 Å². The highest BCUT2D eigenvalue weighted by molar-refractivity contribution is 5.95. The van der Waals surface area contributed by atoms with Gasteiger partial charge in [-0.2, -0.15) is 0 Å². The molecule has 6 nitrogen and oxygen atoms in total. The van der Waals surface area contributed by atoms with Gasteiger partial charge >= 0.3 is 0 Å². The van der Waals surface area contributed by atoms with Gasteiger partial charge in [0.1, 0.15) is 0 Å². The van der Waals surface area contributed by atoms with Gasteiger partial charge in [-0.15, -0.1) is 0 Å². The molecule has 3 aromatic rings. The first-order valence-corrected chi connectivity index (χ1v) is 8.99. The molecule has 2 aromatic carbocycles. The van der Waals surface area contributed by atoms with E-state index in [9.17, 15) is 14.4 Å². The topological polar surface area (TPSA) is 80.2 Å². The second kappa shape index (κ2) is 9.32.